The molecule has 0 atom stereocenters. The number of hydrogen-bond donors (Lipinski definition) is 0. The normalized spacial score (nSPS) is 12.6. The topological polar surface area (TPSA) is 17.1 Å². The lowest BCUT2D eigenvalue weighted by Gasteiger charge is -2.20. The van der Waals surface area contributed by atoms with Crippen LogP contribution in [0.25, 0.3) is 0 Å². The van der Waals surface area contributed by atoms with E-state index >= 15 is 0 Å². The number of alkyl halides is 4. The summed E-state index contributed by atoms with van der Waals surface area (Å²) in [5.41, 5.74) is -0.0717. The van der Waals surface area contributed by atoms with Gasteiger partial charge in [0.15, 0.2) is 3.67 Å². The van der Waals surface area contributed by atoms with Crippen molar-refractivity contribution in [1.82, 2.24) is 0 Å². The van der Waals surface area contributed by atoms with E-state index in [2.05, 4.69) is 0 Å². The van der Waals surface area contributed by atoms with Crippen molar-refractivity contribution in [1.29, 1.82) is 0 Å². The summed E-state index contributed by atoms with van der Waals surface area (Å²) in [5, 5.41) is -3.64. The Hall–Kier alpha value is -0.320. The van der Waals surface area contributed by atoms with E-state index in [1.54, 1.807) is 6.07 Å². The number of carbonyl (C=O) groups is 1. The molecule has 0 bridgehead atoms. The maximum atomic E-state index is 13.4. The Morgan fingerprint density at radius 3 is 2.19 bits per heavy atom. The number of halogens is 4. The van der Waals surface area contributed by atoms with E-state index in [0.29, 0.717) is 0 Å². The second-order valence-corrected chi connectivity index (χ2v) is 6.81. The summed E-state index contributed by atoms with van der Waals surface area (Å²) < 4.78 is 25.2. The summed E-state index contributed by atoms with van der Waals surface area (Å²) in [6, 6.07) is 7.28. The van der Waals surface area contributed by atoms with Crippen LogP contribution in [-0.2, 0) is 0 Å². The number of hydrogen-bond acceptors (Lipinski definition) is 2. The fourth-order valence-corrected chi connectivity index (χ4v) is 2.27. The largest absolute Gasteiger partial charge is 0.358 e. The average Bonchev–Trinajstić information content (AvgIpc) is 2.14. The first-order chi connectivity index (χ1) is 7.22. The van der Waals surface area contributed by atoms with Gasteiger partial charge >= 0.3 is 5.25 Å². The number of benzene rings is 1. The van der Waals surface area contributed by atoms with Gasteiger partial charge in [-0.3, -0.25) is 4.79 Å². The summed E-state index contributed by atoms with van der Waals surface area (Å²) >= 11 is 10.8. The molecule has 1 aromatic rings. The molecule has 0 amide bonds. The summed E-state index contributed by atoms with van der Waals surface area (Å²) in [6.07, 6.45) is 0. The maximum absolute atomic E-state index is 13.4. The lowest BCUT2D eigenvalue weighted by molar-refractivity contribution is 0.0565. The minimum atomic E-state index is -3.64. The highest BCUT2D eigenvalue weighted by molar-refractivity contribution is 8.04. The molecule has 1 aromatic carbocycles. The molecule has 0 N–H and O–H groups in total. The molecule has 0 aromatic heterocycles. The van der Waals surface area contributed by atoms with Crippen molar-refractivity contribution >= 4 is 40.7 Å². The standard InChI is InChI=1S/C10H8Cl2F2OS/c1-9(11,12)16-10(13,14)8(15)7-5-3-2-4-6-7/h2-6H,1H3. The molecule has 0 aliphatic carbocycles. The van der Waals surface area contributed by atoms with E-state index in [1.807, 2.05) is 0 Å². The van der Waals surface area contributed by atoms with Crippen LogP contribution in [0, 0.1) is 0 Å². The maximum Gasteiger partial charge on any atom is 0.358 e. The van der Waals surface area contributed by atoms with Gasteiger partial charge in [0.05, 0.1) is 0 Å². The third kappa shape index (κ3) is 3.92. The number of Topliss-reactive ketones (excluding diaryl/α,β-unsaturated/α-hetero) is 1. The van der Waals surface area contributed by atoms with Crippen LogP contribution in [0.15, 0.2) is 30.3 Å². The van der Waals surface area contributed by atoms with Crippen LogP contribution in [0.3, 0.4) is 0 Å². The molecule has 0 heterocycles. The van der Waals surface area contributed by atoms with Gasteiger partial charge in [-0.25, -0.2) is 0 Å². The SMILES string of the molecule is CC(Cl)(Cl)SC(F)(F)C(=O)c1ccccc1. The van der Waals surface area contributed by atoms with Crippen LogP contribution in [0.1, 0.15) is 17.3 Å². The molecular formula is C10H8Cl2F2OS. The van der Waals surface area contributed by atoms with Crippen molar-refractivity contribution in [2.75, 3.05) is 0 Å². The first-order valence-corrected chi connectivity index (χ1v) is 5.85. The van der Waals surface area contributed by atoms with Crippen molar-refractivity contribution in [3.8, 4) is 0 Å². The van der Waals surface area contributed by atoms with E-state index in [9.17, 15) is 13.6 Å². The number of rotatable bonds is 4. The molecule has 0 saturated heterocycles. The molecule has 0 aliphatic rings. The third-order valence-electron chi connectivity index (χ3n) is 1.61. The fourth-order valence-electron chi connectivity index (χ4n) is 1.03. The zero-order valence-electron chi connectivity index (χ0n) is 8.22. The smallest absolute Gasteiger partial charge is 0.286 e. The molecule has 0 fully saturated rings. The second kappa shape index (κ2) is 4.90. The van der Waals surface area contributed by atoms with E-state index in [0.717, 1.165) is 0 Å². The highest BCUT2D eigenvalue weighted by atomic mass is 35.5. The molecule has 0 unspecified atom stereocenters. The quantitative estimate of drug-likeness (QED) is 0.604. The Morgan fingerprint density at radius 2 is 1.75 bits per heavy atom. The van der Waals surface area contributed by atoms with Gasteiger partial charge in [0.2, 0.25) is 5.78 Å². The van der Waals surface area contributed by atoms with Crippen molar-refractivity contribution in [3.05, 3.63) is 35.9 Å². The number of thioether (sulfide) groups is 1. The van der Waals surface area contributed by atoms with E-state index in [1.165, 1.54) is 31.2 Å². The zero-order valence-corrected chi connectivity index (χ0v) is 10.5. The van der Waals surface area contributed by atoms with E-state index in [4.69, 9.17) is 23.2 Å². The van der Waals surface area contributed by atoms with Crippen molar-refractivity contribution in [2.45, 2.75) is 15.8 Å². The Labute approximate surface area is 106 Å². The Morgan fingerprint density at radius 1 is 1.25 bits per heavy atom. The molecule has 88 valence electrons. The van der Waals surface area contributed by atoms with Crippen molar-refractivity contribution in [2.24, 2.45) is 0 Å². The number of carbonyl (C=O) groups excluding carboxylic acids is 1. The lowest BCUT2D eigenvalue weighted by atomic mass is 10.1. The molecule has 0 spiro atoms. The molecular weight excluding hydrogens is 277 g/mol. The summed E-state index contributed by atoms with van der Waals surface area (Å²) in [7, 11) is 0. The van der Waals surface area contributed by atoms with E-state index in [-0.39, 0.29) is 17.3 Å². The van der Waals surface area contributed by atoms with Crippen LogP contribution in [0.2, 0.25) is 0 Å². The van der Waals surface area contributed by atoms with Gasteiger partial charge in [-0.05, 0) is 18.7 Å². The summed E-state index contributed by atoms with van der Waals surface area (Å²) in [4.78, 5) is 11.5. The first-order valence-electron chi connectivity index (χ1n) is 4.28. The van der Waals surface area contributed by atoms with Crippen molar-refractivity contribution < 1.29 is 13.6 Å². The molecule has 6 heteroatoms. The van der Waals surface area contributed by atoms with Gasteiger partial charge in [0.25, 0.3) is 0 Å². The van der Waals surface area contributed by atoms with Crippen LogP contribution in [-0.4, -0.2) is 14.7 Å². The lowest BCUT2D eigenvalue weighted by Crippen LogP contribution is -2.28. The van der Waals surface area contributed by atoms with Gasteiger partial charge in [-0.15, -0.1) is 0 Å². The van der Waals surface area contributed by atoms with Gasteiger partial charge in [0.1, 0.15) is 0 Å². The Bertz CT molecular complexity index is 376. The summed E-state index contributed by atoms with van der Waals surface area (Å²) in [6.45, 7) is 1.19. The summed E-state index contributed by atoms with van der Waals surface area (Å²) in [5.74, 6) is -1.30. The predicted octanol–water partition coefficient (Wildman–Crippen LogP) is 4.35. The molecule has 1 nitrogen and oxygen atoms in total. The third-order valence-corrected chi connectivity index (χ3v) is 2.87. The average molecular weight is 285 g/mol. The highest BCUT2D eigenvalue weighted by Gasteiger charge is 2.45. The van der Waals surface area contributed by atoms with Gasteiger partial charge in [0, 0.05) is 5.56 Å². The minimum Gasteiger partial charge on any atom is -0.286 e. The highest BCUT2D eigenvalue weighted by Crippen LogP contribution is 2.46. The van der Waals surface area contributed by atoms with Crippen LogP contribution in [0.5, 0.6) is 0 Å². The first kappa shape index (κ1) is 13.7. The monoisotopic (exact) mass is 284 g/mol. The second-order valence-electron chi connectivity index (χ2n) is 3.12. The molecule has 16 heavy (non-hydrogen) atoms. The molecule has 0 saturated carbocycles. The van der Waals surface area contributed by atoms with Crippen LogP contribution >= 0.6 is 35.0 Å². The zero-order chi connectivity index (χ0) is 12.4. The van der Waals surface area contributed by atoms with Gasteiger partial charge < -0.3 is 0 Å². The Kier molecular flexibility index (Phi) is 4.21. The van der Waals surface area contributed by atoms with Gasteiger partial charge in [-0.2, -0.15) is 8.78 Å². The van der Waals surface area contributed by atoms with E-state index < -0.39 is 14.7 Å². The minimum absolute atomic E-state index is 0.0717. The molecule has 0 aliphatic heterocycles. The molecule has 1 rings (SSSR count). The van der Waals surface area contributed by atoms with Crippen molar-refractivity contribution in [3.63, 3.8) is 0 Å². The fraction of sp³-hybridized carbons (Fsp3) is 0.300. The molecule has 0 radical (unpaired) electrons. The van der Waals surface area contributed by atoms with Crippen LogP contribution in [0.4, 0.5) is 8.78 Å². The predicted molar refractivity (Wildman–Crippen MR) is 63.4 cm³/mol. The Balaban J connectivity index is 2.89. The van der Waals surface area contributed by atoms with Gasteiger partial charge in [-0.1, -0.05) is 53.5 Å². The van der Waals surface area contributed by atoms with Crippen LogP contribution < -0.4 is 0 Å². The number of ketones is 1.